The number of rotatable bonds is 3. The molecule has 3 N–H and O–H groups in total. The van der Waals surface area contributed by atoms with Gasteiger partial charge in [0.05, 0.1) is 0 Å². The number of benzene rings is 1. The Bertz CT molecular complexity index is 654. The van der Waals surface area contributed by atoms with Gasteiger partial charge in [0, 0.05) is 11.6 Å². The Labute approximate surface area is 105 Å². The number of H-pyrrole nitrogens is 1. The van der Waals surface area contributed by atoms with Crippen molar-refractivity contribution in [2.75, 3.05) is 5.32 Å². The van der Waals surface area contributed by atoms with Crippen molar-refractivity contribution in [2.45, 2.75) is 0 Å². The molecule has 0 aliphatic heterocycles. The summed E-state index contributed by atoms with van der Waals surface area (Å²) in [7, 11) is 0. The summed E-state index contributed by atoms with van der Waals surface area (Å²) in [5.74, 6) is -4.22. The highest BCUT2D eigenvalue weighted by Crippen LogP contribution is 2.11. The molecule has 0 atom stereocenters. The van der Waals surface area contributed by atoms with Crippen molar-refractivity contribution in [3.8, 4) is 0 Å². The zero-order valence-electron chi connectivity index (χ0n) is 9.28. The number of nitrogens with one attached hydrogen (secondary N) is 2. The first-order chi connectivity index (χ1) is 8.97. The van der Waals surface area contributed by atoms with Gasteiger partial charge in [-0.25, -0.2) is 13.6 Å². The Morgan fingerprint density at radius 3 is 2.53 bits per heavy atom. The van der Waals surface area contributed by atoms with Crippen molar-refractivity contribution in [3.05, 3.63) is 47.2 Å². The monoisotopic (exact) mass is 267 g/mol. The number of anilines is 1. The van der Waals surface area contributed by atoms with Crippen LogP contribution in [-0.2, 0) is 0 Å². The van der Waals surface area contributed by atoms with E-state index in [0.29, 0.717) is 0 Å². The molecule has 0 radical (unpaired) electrons. The highest BCUT2D eigenvalue weighted by molar-refractivity contribution is 6.04. The zero-order chi connectivity index (χ0) is 14.0. The number of aromatic carboxylic acids is 1. The summed E-state index contributed by atoms with van der Waals surface area (Å²) in [5, 5.41) is 16.6. The Morgan fingerprint density at radius 2 is 1.95 bits per heavy atom. The number of hydrogen-bond acceptors (Lipinski definition) is 3. The van der Waals surface area contributed by atoms with E-state index in [9.17, 15) is 18.4 Å². The molecule has 6 nitrogen and oxygen atoms in total. The Kier molecular flexibility index (Phi) is 3.23. The van der Waals surface area contributed by atoms with E-state index in [1.807, 2.05) is 0 Å². The van der Waals surface area contributed by atoms with Gasteiger partial charge in [0.1, 0.15) is 5.69 Å². The van der Waals surface area contributed by atoms with Gasteiger partial charge in [0.2, 0.25) is 0 Å². The van der Waals surface area contributed by atoms with E-state index in [0.717, 1.165) is 24.3 Å². The van der Waals surface area contributed by atoms with Crippen LogP contribution >= 0.6 is 0 Å². The lowest BCUT2D eigenvalue weighted by Crippen LogP contribution is -2.12. The van der Waals surface area contributed by atoms with Crippen LogP contribution in [0.15, 0.2) is 24.3 Å². The third-order valence-electron chi connectivity index (χ3n) is 2.23. The van der Waals surface area contributed by atoms with Crippen molar-refractivity contribution >= 4 is 17.7 Å². The van der Waals surface area contributed by atoms with Gasteiger partial charge in [-0.2, -0.15) is 5.10 Å². The number of aromatic nitrogens is 2. The molecule has 2 aromatic rings. The quantitative estimate of drug-likeness (QED) is 0.787. The normalized spacial score (nSPS) is 10.2. The third kappa shape index (κ3) is 2.73. The SMILES string of the molecule is O=C(Nc1cc(C(=O)O)[nH]n1)c1ccc(F)c(F)c1. The molecular weight excluding hydrogens is 260 g/mol. The van der Waals surface area contributed by atoms with Gasteiger partial charge < -0.3 is 10.4 Å². The van der Waals surface area contributed by atoms with Crippen LogP contribution < -0.4 is 5.32 Å². The number of aromatic amines is 1. The molecule has 0 fully saturated rings. The van der Waals surface area contributed by atoms with Crippen LogP contribution in [0.5, 0.6) is 0 Å². The predicted octanol–water partition coefficient (Wildman–Crippen LogP) is 1.64. The fraction of sp³-hybridized carbons (Fsp3) is 0. The molecule has 98 valence electrons. The van der Waals surface area contributed by atoms with Crippen molar-refractivity contribution in [1.29, 1.82) is 0 Å². The van der Waals surface area contributed by atoms with Gasteiger partial charge in [-0.05, 0) is 18.2 Å². The Balaban J connectivity index is 2.15. The van der Waals surface area contributed by atoms with Gasteiger partial charge in [-0.3, -0.25) is 9.89 Å². The van der Waals surface area contributed by atoms with E-state index >= 15 is 0 Å². The lowest BCUT2D eigenvalue weighted by molar-refractivity contribution is 0.0690. The summed E-state index contributed by atoms with van der Waals surface area (Å²) in [6.07, 6.45) is 0. The molecule has 1 heterocycles. The third-order valence-corrected chi connectivity index (χ3v) is 2.23. The minimum atomic E-state index is -1.24. The number of carboxylic acids is 1. The van der Waals surface area contributed by atoms with E-state index in [2.05, 4.69) is 15.5 Å². The summed E-state index contributed by atoms with van der Waals surface area (Å²) in [4.78, 5) is 22.2. The van der Waals surface area contributed by atoms with Crippen molar-refractivity contribution in [2.24, 2.45) is 0 Å². The first kappa shape index (κ1) is 12.7. The van der Waals surface area contributed by atoms with E-state index in [4.69, 9.17) is 5.11 Å². The first-order valence-corrected chi connectivity index (χ1v) is 5.02. The van der Waals surface area contributed by atoms with E-state index < -0.39 is 23.5 Å². The van der Waals surface area contributed by atoms with Crippen LogP contribution in [0.25, 0.3) is 0 Å². The van der Waals surface area contributed by atoms with Gasteiger partial charge in [0.15, 0.2) is 17.5 Å². The molecule has 0 saturated carbocycles. The molecule has 0 aliphatic carbocycles. The van der Waals surface area contributed by atoms with Crippen LogP contribution in [0.3, 0.4) is 0 Å². The van der Waals surface area contributed by atoms with Crippen molar-refractivity contribution in [1.82, 2.24) is 10.2 Å². The molecule has 0 aliphatic rings. The van der Waals surface area contributed by atoms with E-state index in [1.54, 1.807) is 0 Å². The number of nitrogens with zero attached hydrogens (tertiary/aromatic N) is 1. The summed E-state index contributed by atoms with van der Waals surface area (Å²) in [6.45, 7) is 0. The van der Waals surface area contributed by atoms with Gasteiger partial charge in [0.25, 0.3) is 5.91 Å². The molecule has 1 aromatic carbocycles. The van der Waals surface area contributed by atoms with Gasteiger partial charge in [-0.15, -0.1) is 0 Å². The molecule has 0 bridgehead atoms. The maximum absolute atomic E-state index is 12.9. The number of carbonyl (C=O) groups excluding carboxylic acids is 1. The Morgan fingerprint density at radius 1 is 1.21 bits per heavy atom. The van der Waals surface area contributed by atoms with Crippen LogP contribution in [-0.4, -0.2) is 27.2 Å². The van der Waals surface area contributed by atoms with E-state index in [-0.39, 0.29) is 17.1 Å². The standard InChI is InChI=1S/C11H7F2N3O3/c12-6-2-1-5(3-7(6)13)10(17)14-9-4-8(11(18)19)15-16-9/h1-4H,(H,18,19)(H2,14,15,16,17). The molecule has 0 unspecified atom stereocenters. The van der Waals surface area contributed by atoms with Gasteiger partial charge in [-0.1, -0.05) is 0 Å². The smallest absolute Gasteiger partial charge is 0.353 e. The van der Waals surface area contributed by atoms with Crippen LogP contribution in [0.4, 0.5) is 14.6 Å². The van der Waals surface area contributed by atoms with Crippen molar-refractivity contribution < 1.29 is 23.5 Å². The lowest BCUT2D eigenvalue weighted by atomic mass is 10.2. The molecule has 1 aromatic heterocycles. The fourth-order valence-corrected chi connectivity index (χ4v) is 1.32. The first-order valence-electron chi connectivity index (χ1n) is 5.02. The lowest BCUT2D eigenvalue weighted by Gasteiger charge is -2.02. The van der Waals surface area contributed by atoms with E-state index in [1.165, 1.54) is 0 Å². The summed E-state index contributed by atoms with van der Waals surface area (Å²) >= 11 is 0. The second-order valence-electron chi connectivity index (χ2n) is 3.56. The number of amides is 1. The molecular formula is C11H7F2N3O3. The average molecular weight is 267 g/mol. The maximum Gasteiger partial charge on any atom is 0.353 e. The molecule has 0 spiro atoms. The second-order valence-corrected chi connectivity index (χ2v) is 3.56. The van der Waals surface area contributed by atoms with Crippen molar-refractivity contribution in [3.63, 3.8) is 0 Å². The number of carboxylic acid groups (broad SMARTS) is 1. The maximum atomic E-state index is 12.9. The minimum Gasteiger partial charge on any atom is -0.477 e. The number of halogens is 2. The Hall–Kier alpha value is -2.77. The van der Waals surface area contributed by atoms with Crippen LogP contribution in [0.1, 0.15) is 20.8 Å². The zero-order valence-corrected chi connectivity index (χ0v) is 9.28. The molecule has 19 heavy (non-hydrogen) atoms. The second kappa shape index (κ2) is 4.84. The molecule has 1 amide bonds. The molecule has 2 rings (SSSR count). The minimum absolute atomic E-state index is 0.0351. The summed E-state index contributed by atoms with van der Waals surface area (Å²) in [5.41, 5.74) is -0.320. The predicted molar refractivity (Wildman–Crippen MR) is 59.9 cm³/mol. The summed E-state index contributed by atoms with van der Waals surface area (Å²) < 4.78 is 25.6. The van der Waals surface area contributed by atoms with Gasteiger partial charge >= 0.3 is 5.97 Å². The largest absolute Gasteiger partial charge is 0.477 e. The molecule has 0 saturated heterocycles. The highest BCUT2D eigenvalue weighted by Gasteiger charge is 2.13. The summed E-state index contributed by atoms with van der Waals surface area (Å²) in [6, 6.07) is 3.74. The average Bonchev–Trinajstić information content (AvgIpc) is 2.81. The number of carbonyl (C=O) groups is 2. The topological polar surface area (TPSA) is 95.1 Å². The van der Waals surface area contributed by atoms with Crippen LogP contribution in [0.2, 0.25) is 0 Å². The highest BCUT2D eigenvalue weighted by atomic mass is 19.2. The molecule has 8 heteroatoms. The fourth-order valence-electron chi connectivity index (χ4n) is 1.32. The van der Waals surface area contributed by atoms with Crippen LogP contribution in [0, 0.1) is 11.6 Å². The number of hydrogen-bond donors (Lipinski definition) is 3.